The van der Waals surface area contributed by atoms with Crippen molar-refractivity contribution < 1.29 is 13.2 Å². The normalized spacial score (nSPS) is 15.4. The molecule has 144 valence electrons. The Balaban J connectivity index is 1.73. The number of sulfonamides is 1. The lowest BCUT2D eigenvalue weighted by atomic mass is 10.2. The summed E-state index contributed by atoms with van der Waals surface area (Å²) >= 11 is 0. The van der Waals surface area contributed by atoms with E-state index in [0.717, 1.165) is 30.5 Å². The van der Waals surface area contributed by atoms with Crippen LogP contribution in [0.2, 0.25) is 0 Å². The second-order valence-electron chi connectivity index (χ2n) is 6.19. The first kappa shape index (κ1) is 20.2. The lowest BCUT2D eigenvalue weighted by Gasteiger charge is -2.16. The van der Waals surface area contributed by atoms with Crippen LogP contribution >= 0.6 is 0 Å². The summed E-state index contributed by atoms with van der Waals surface area (Å²) in [5, 5.41) is 6.35. The van der Waals surface area contributed by atoms with E-state index in [1.165, 1.54) is 0 Å². The first-order valence-corrected chi connectivity index (χ1v) is 10.6. The number of aliphatic imine (C=N–C) groups is 1. The molecule has 1 saturated heterocycles. The van der Waals surface area contributed by atoms with Crippen LogP contribution in [0, 0.1) is 0 Å². The summed E-state index contributed by atoms with van der Waals surface area (Å²) in [6, 6.07) is 7.93. The van der Waals surface area contributed by atoms with Crippen LogP contribution in [-0.2, 0) is 21.4 Å². The molecule has 2 rings (SSSR count). The SMILES string of the molecule is CN=C(NCCCNS(C)(=O)=O)NCc1ccc(N2CCCC2=O)cc1. The number of hydrogen-bond donors (Lipinski definition) is 3. The number of carbonyl (C=O) groups excluding carboxylic acids is 1. The summed E-state index contributed by atoms with van der Waals surface area (Å²) in [5.41, 5.74) is 2.03. The van der Waals surface area contributed by atoms with E-state index in [-0.39, 0.29) is 5.91 Å². The maximum Gasteiger partial charge on any atom is 0.227 e. The zero-order valence-electron chi connectivity index (χ0n) is 15.3. The average molecular weight is 382 g/mol. The molecule has 0 saturated carbocycles. The van der Waals surface area contributed by atoms with Crippen LogP contribution in [0.4, 0.5) is 5.69 Å². The largest absolute Gasteiger partial charge is 0.356 e. The molecular weight excluding hydrogens is 354 g/mol. The third-order valence-corrected chi connectivity index (χ3v) is 4.74. The lowest BCUT2D eigenvalue weighted by molar-refractivity contribution is -0.117. The molecule has 0 aromatic heterocycles. The lowest BCUT2D eigenvalue weighted by Crippen LogP contribution is -2.38. The Morgan fingerprint density at radius 1 is 1.19 bits per heavy atom. The maximum atomic E-state index is 11.8. The van der Waals surface area contributed by atoms with Gasteiger partial charge in [-0.2, -0.15) is 0 Å². The first-order chi connectivity index (χ1) is 12.4. The molecule has 9 heteroatoms. The highest BCUT2D eigenvalue weighted by Crippen LogP contribution is 2.21. The summed E-state index contributed by atoms with van der Waals surface area (Å²) in [6.45, 7) is 2.40. The van der Waals surface area contributed by atoms with E-state index in [2.05, 4.69) is 20.3 Å². The van der Waals surface area contributed by atoms with E-state index in [9.17, 15) is 13.2 Å². The number of carbonyl (C=O) groups is 1. The molecule has 1 amide bonds. The predicted molar refractivity (Wildman–Crippen MR) is 104 cm³/mol. The number of benzene rings is 1. The Hall–Kier alpha value is -2.13. The molecule has 1 heterocycles. The van der Waals surface area contributed by atoms with Crippen molar-refractivity contribution in [1.82, 2.24) is 15.4 Å². The summed E-state index contributed by atoms with van der Waals surface area (Å²) in [4.78, 5) is 17.7. The minimum atomic E-state index is -3.14. The van der Waals surface area contributed by atoms with E-state index in [1.807, 2.05) is 29.2 Å². The van der Waals surface area contributed by atoms with Gasteiger partial charge in [-0.3, -0.25) is 9.79 Å². The molecule has 8 nitrogen and oxygen atoms in total. The molecule has 0 bridgehead atoms. The van der Waals surface area contributed by atoms with Crippen LogP contribution in [0.5, 0.6) is 0 Å². The van der Waals surface area contributed by atoms with Gasteiger partial charge in [-0.05, 0) is 30.5 Å². The summed E-state index contributed by atoms with van der Waals surface area (Å²) < 4.78 is 24.4. The quantitative estimate of drug-likeness (QED) is 0.344. The molecule has 1 aliphatic heterocycles. The Kier molecular flexibility index (Phi) is 7.40. The van der Waals surface area contributed by atoms with Gasteiger partial charge >= 0.3 is 0 Å². The zero-order valence-corrected chi connectivity index (χ0v) is 16.1. The van der Waals surface area contributed by atoms with E-state index in [0.29, 0.717) is 38.4 Å². The van der Waals surface area contributed by atoms with E-state index in [1.54, 1.807) is 7.05 Å². The third-order valence-electron chi connectivity index (χ3n) is 4.02. The molecule has 1 aromatic carbocycles. The average Bonchev–Trinajstić information content (AvgIpc) is 3.03. The van der Waals surface area contributed by atoms with Gasteiger partial charge in [-0.1, -0.05) is 12.1 Å². The number of guanidine groups is 1. The number of hydrogen-bond acceptors (Lipinski definition) is 4. The molecule has 0 radical (unpaired) electrons. The van der Waals surface area contributed by atoms with E-state index < -0.39 is 10.0 Å². The fourth-order valence-electron chi connectivity index (χ4n) is 2.67. The molecule has 0 atom stereocenters. The number of nitrogens with one attached hydrogen (secondary N) is 3. The van der Waals surface area contributed by atoms with Gasteiger partial charge in [0.2, 0.25) is 15.9 Å². The van der Waals surface area contributed by atoms with Gasteiger partial charge in [-0.15, -0.1) is 0 Å². The fraction of sp³-hybridized carbons (Fsp3) is 0.529. The van der Waals surface area contributed by atoms with Crippen molar-refractivity contribution in [3.8, 4) is 0 Å². The number of nitrogens with zero attached hydrogens (tertiary/aromatic N) is 2. The van der Waals surface area contributed by atoms with Crippen molar-refractivity contribution in [1.29, 1.82) is 0 Å². The van der Waals surface area contributed by atoms with Gasteiger partial charge in [0.1, 0.15) is 0 Å². The first-order valence-electron chi connectivity index (χ1n) is 8.67. The van der Waals surface area contributed by atoms with Gasteiger partial charge in [0.25, 0.3) is 0 Å². The second kappa shape index (κ2) is 9.54. The van der Waals surface area contributed by atoms with Gasteiger partial charge in [0, 0.05) is 45.3 Å². The maximum absolute atomic E-state index is 11.8. The highest BCUT2D eigenvalue weighted by atomic mass is 32.2. The Labute approximate surface area is 155 Å². The minimum Gasteiger partial charge on any atom is -0.356 e. The monoisotopic (exact) mass is 381 g/mol. The third kappa shape index (κ3) is 6.64. The van der Waals surface area contributed by atoms with Crippen LogP contribution in [0.3, 0.4) is 0 Å². The van der Waals surface area contributed by atoms with Gasteiger partial charge in [-0.25, -0.2) is 13.1 Å². The molecule has 0 aliphatic carbocycles. The van der Waals surface area contributed by atoms with Crippen molar-refractivity contribution in [2.45, 2.75) is 25.8 Å². The van der Waals surface area contributed by atoms with E-state index >= 15 is 0 Å². The second-order valence-corrected chi connectivity index (χ2v) is 8.02. The van der Waals surface area contributed by atoms with Crippen molar-refractivity contribution in [3.05, 3.63) is 29.8 Å². The van der Waals surface area contributed by atoms with Crippen molar-refractivity contribution in [3.63, 3.8) is 0 Å². The Bertz CT molecular complexity index is 731. The summed E-state index contributed by atoms with van der Waals surface area (Å²) in [6.07, 6.45) is 3.35. The Morgan fingerprint density at radius 2 is 1.92 bits per heavy atom. The van der Waals surface area contributed by atoms with Crippen LogP contribution < -0.4 is 20.3 Å². The molecular formula is C17H27N5O3S. The molecule has 0 unspecified atom stereocenters. The summed E-state index contributed by atoms with van der Waals surface area (Å²) in [7, 11) is -1.45. The summed E-state index contributed by atoms with van der Waals surface area (Å²) in [5.74, 6) is 0.842. The molecule has 1 aromatic rings. The molecule has 1 aliphatic rings. The number of amides is 1. The molecule has 3 N–H and O–H groups in total. The van der Waals surface area contributed by atoms with Crippen LogP contribution in [0.1, 0.15) is 24.8 Å². The predicted octanol–water partition coefficient (Wildman–Crippen LogP) is 0.418. The number of rotatable bonds is 8. The highest BCUT2D eigenvalue weighted by Gasteiger charge is 2.21. The van der Waals surface area contributed by atoms with Crippen LogP contribution in [-0.4, -0.2) is 53.2 Å². The van der Waals surface area contributed by atoms with Crippen LogP contribution in [0.15, 0.2) is 29.3 Å². The topological polar surface area (TPSA) is 103 Å². The van der Waals surface area contributed by atoms with Crippen LogP contribution in [0.25, 0.3) is 0 Å². The zero-order chi connectivity index (χ0) is 19.0. The molecule has 0 spiro atoms. The smallest absolute Gasteiger partial charge is 0.227 e. The van der Waals surface area contributed by atoms with Gasteiger partial charge in [0.15, 0.2) is 5.96 Å². The minimum absolute atomic E-state index is 0.186. The van der Waals surface area contributed by atoms with Gasteiger partial charge in [0.05, 0.1) is 6.26 Å². The standard InChI is InChI=1S/C17H27N5O3S/c1-18-17(19-10-4-11-21-26(2,24)25)20-13-14-6-8-15(9-7-14)22-12-3-5-16(22)23/h6-9,21H,3-5,10-13H2,1-2H3,(H2,18,19,20). The van der Waals surface area contributed by atoms with Gasteiger partial charge < -0.3 is 15.5 Å². The van der Waals surface area contributed by atoms with E-state index in [4.69, 9.17) is 0 Å². The Morgan fingerprint density at radius 3 is 2.50 bits per heavy atom. The molecule has 26 heavy (non-hydrogen) atoms. The van der Waals surface area contributed by atoms with Crippen molar-refractivity contribution in [2.75, 3.05) is 37.8 Å². The molecule has 1 fully saturated rings. The number of anilines is 1. The fourth-order valence-corrected chi connectivity index (χ4v) is 3.19. The van der Waals surface area contributed by atoms with Crippen molar-refractivity contribution >= 4 is 27.6 Å². The van der Waals surface area contributed by atoms with Crippen molar-refractivity contribution in [2.24, 2.45) is 4.99 Å². The highest BCUT2D eigenvalue weighted by molar-refractivity contribution is 7.88.